The topological polar surface area (TPSA) is 81.4 Å². The van der Waals surface area contributed by atoms with E-state index in [9.17, 15) is 4.79 Å². The third-order valence-electron chi connectivity index (χ3n) is 5.85. The van der Waals surface area contributed by atoms with Crippen LogP contribution < -0.4 is 10.2 Å². The number of hydrogen-bond donors (Lipinski definition) is 1. The van der Waals surface area contributed by atoms with Crippen molar-refractivity contribution in [1.82, 2.24) is 20.2 Å². The highest BCUT2D eigenvalue weighted by Crippen LogP contribution is 2.30. The average Bonchev–Trinajstić information content (AvgIpc) is 3.31. The Labute approximate surface area is 235 Å². The van der Waals surface area contributed by atoms with Crippen LogP contribution in [0.3, 0.4) is 0 Å². The van der Waals surface area contributed by atoms with Crippen molar-refractivity contribution in [3.05, 3.63) is 87.9 Å². The Hall–Kier alpha value is -3.43. The lowest BCUT2D eigenvalue weighted by atomic mass is 9.87. The number of carbonyl (C=O) groups excluding carboxylic acids is 1. The van der Waals surface area contributed by atoms with Gasteiger partial charge in [0.05, 0.1) is 19.1 Å². The maximum Gasteiger partial charge on any atom is 0.250 e. The van der Waals surface area contributed by atoms with E-state index in [-0.39, 0.29) is 17.1 Å². The fourth-order valence-corrected chi connectivity index (χ4v) is 4.86. The molecule has 0 radical (unpaired) electrons. The smallest absolute Gasteiger partial charge is 0.250 e. The summed E-state index contributed by atoms with van der Waals surface area (Å²) in [5, 5.41) is 13.6. The van der Waals surface area contributed by atoms with Crippen LogP contribution in [0, 0.1) is 6.92 Å². The third kappa shape index (κ3) is 6.71. The van der Waals surface area contributed by atoms with E-state index in [1.165, 1.54) is 17.3 Å². The molecule has 1 N–H and O–H groups in total. The van der Waals surface area contributed by atoms with Gasteiger partial charge in [-0.3, -0.25) is 9.36 Å². The first-order chi connectivity index (χ1) is 18.2. The van der Waals surface area contributed by atoms with Crippen molar-refractivity contribution < 1.29 is 9.53 Å². The van der Waals surface area contributed by atoms with Gasteiger partial charge in [-0.1, -0.05) is 90.4 Å². The van der Waals surface area contributed by atoms with Gasteiger partial charge in [-0.2, -0.15) is 5.10 Å². The Morgan fingerprint density at radius 3 is 2.45 bits per heavy atom. The van der Waals surface area contributed by atoms with Crippen LogP contribution in [0.4, 0.5) is 0 Å². The molecule has 3 aromatic carbocycles. The number of halogens is 1. The number of benzene rings is 3. The molecule has 0 spiro atoms. The summed E-state index contributed by atoms with van der Waals surface area (Å²) in [4.78, 5) is 12.6. The van der Waals surface area contributed by atoms with Crippen LogP contribution in [0.25, 0.3) is 17.1 Å². The molecule has 0 saturated carbocycles. The molecule has 9 heteroatoms. The van der Waals surface area contributed by atoms with Gasteiger partial charge >= 0.3 is 0 Å². The highest BCUT2D eigenvalue weighted by atomic mass is 79.9. The number of hydrogen-bond acceptors (Lipinski definition) is 6. The SMILES string of the molecule is COc1ccc(Br)cc1C=NNC(=O)CSc1nnc(-c2ccc(C(C)(C)C)cc2)n1-c1ccc(C)cc1. The number of nitrogens with one attached hydrogen (secondary N) is 1. The molecule has 1 amide bonds. The van der Waals surface area contributed by atoms with E-state index < -0.39 is 0 Å². The van der Waals surface area contributed by atoms with Crippen molar-refractivity contribution >= 4 is 39.8 Å². The normalized spacial score (nSPS) is 11.6. The second-order valence-corrected chi connectivity index (χ2v) is 11.6. The molecule has 0 aliphatic carbocycles. The Morgan fingerprint density at radius 1 is 1.08 bits per heavy atom. The molecule has 0 aliphatic rings. The molecule has 0 aliphatic heterocycles. The quantitative estimate of drug-likeness (QED) is 0.143. The summed E-state index contributed by atoms with van der Waals surface area (Å²) in [5.74, 6) is 1.25. The Morgan fingerprint density at radius 2 is 1.79 bits per heavy atom. The van der Waals surface area contributed by atoms with E-state index in [2.05, 4.69) is 81.7 Å². The zero-order chi connectivity index (χ0) is 27.3. The maximum absolute atomic E-state index is 12.6. The lowest BCUT2D eigenvalue weighted by Gasteiger charge is -2.19. The van der Waals surface area contributed by atoms with Crippen molar-refractivity contribution in [3.63, 3.8) is 0 Å². The minimum absolute atomic E-state index is 0.0577. The van der Waals surface area contributed by atoms with Crippen molar-refractivity contribution in [2.45, 2.75) is 38.3 Å². The van der Waals surface area contributed by atoms with Gasteiger partial charge in [0.15, 0.2) is 11.0 Å². The first-order valence-corrected chi connectivity index (χ1v) is 13.8. The first kappa shape index (κ1) is 27.6. The fraction of sp³-hybridized carbons (Fsp3) is 0.241. The van der Waals surface area contributed by atoms with Crippen molar-refractivity contribution in [2.75, 3.05) is 12.9 Å². The number of hydrazone groups is 1. The Bertz CT molecular complexity index is 1440. The molecule has 196 valence electrons. The third-order valence-corrected chi connectivity index (χ3v) is 7.27. The lowest BCUT2D eigenvalue weighted by molar-refractivity contribution is -0.118. The van der Waals surface area contributed by atoms with E-state index in [0.717, 1.165) is 32.7 Å². The molecule has 0 bridgehead atoms. The molecule has 38 heavy (non-hydrogen) atoms. The van der Waals surface area contributed by atoms with Gasteiger partial charge in [0.25, 0.3) is 5.91 Å². The molecule has 0 unspecified atom stereocenters. The van der Waals surface area contributed by atoms with E-state index in [1.807, 2.05) is 54.0 Å². The highest BCUT2D eigenvalue weighted by molar-refractivity contribution is 9.10. The van der Waals surface area contributed by atoms with Gasteiger partial charge in [0.2, 0.25) is 0 Å². The average molecular weight is 593 g/mol. The zero-order valence-corrected chi connectivity index (χ0v) is 24.4. The summed E-state index contributed by atoms with van der Waals surface area (Å²) in [7, 11) is 1.59. The fourth-order valence-electron chi connectivity index (χ4n) is 3.74. The minimum atomic E-state index is -0.255. The highest BCUT2D eigenvalue weighted by Gasteiger charge is 2.19. The van der Waals surface area contributed by atoms with E-state index in [0.29, 0.717) is 10.9 Å². The van der Waals surface area contributed by atoms with Gasteiger partial charge in [-0.05, 0) is 48.2 Å². The Balaban J connectivity index is 1.53. The van der Waals surface area contributed by atoms with Crippen molar-refractivity contribution in [2.24, 2.45) is 5.10 Å². The van der Waals surface area contributed by atoms with Crippen LogP contribution in [0.5, 0.6) is 5.75 Å². The van der Waals surface area contributed by atoms with Crippen LogP contribution >= 0.6 is 27.7 Å². The number of amides is 1. The second kappa shape index (κ2) is 12.0. The number of nitrogens with zero attached hydrogens (tertiary/aromatic N) is 4. The van der Waals surface area contributed by atoms with Crippen LogP contribution in [0.15, 0.2) is 81.5 Å². The van der Waals surface area contributed by atoms with Gasteiger partial charge in [0.1, 0.15) is 5.75 Å². The summed E-state index contributed by atoms with van der Waals surface area (Å²) in [6.07, 6.45) is 1.56. The molecular formula is C29H30BrN5O2S. The van der Waals surface area contributed by atoms with Gasteiger partial charge in [-0.15, -0.1) is 10.2 Å². The maximum atomic E-state index is 12.6. The number of carbonyl (C=O) groups is 1. The number of thioether (sulfide) groups is 1. The van der Waals surface area contributed by atoms with E-state index in [4.69, 9.17) is 4.74 Å². The van der Waals surface area contributed by atoms with Crippen molar-refractivity contribution in [1.29, 1.82) is 0 Å². The van der Waals surface area contributed by atoms with Gasteiger partial charge in [-0.25, -0.2) is 5.43 Å². The lowest BCUT2D eigenvalue weighted by Crippen LogP contribution is -2.20. The summed E-state index contributed by atoms with van der Waals surface area (Å²) in [6, 6.07) is 22.1. The number of aromatic nitrogens is 3. The molecule has 0 saturated heterocycles. The standard InChI is InChI=1S/C29H30BrN5O2S/c1-19-6-13-24(14-7-19)35-27(20-8-10-22(11-9-20)29(2,3)4)33-34-28(35)38-18-26(36)32-31-17-21-16-23(30)12-15-25(21)37-5/h6-17H,18H2,1-5H3,(H,32,36). The molecule has 0 fully saturated rings. The summed E-state index contributed by atoms with van der Waals surface area (Å²) < 4.78 is 8.22. The minimum Gasteiger partial charge on any atom is -0.496 e. The second-order valence-electron chi connectivity index (χ2n) is 9.77. The molecular weight excluding hydrogens is 562 g/mol. The summed E-state index contributed by atoms with van der Waals surface area (Å²) >= 11 is 4.74. The predicted octanol–water partition coefficient (Wildman–Crippen LogP) is 6.55. The monoisotopic (exact) mass is 591 g/mol. The molecule has 1 aromatic heterocycles. The zero-order valence-electron chi connectivity index (χ0n) is 22.0. The van der Waals surface area contributed by atoms with Crippen molar-refractivity contribution in [3.8, 4) is 22.8 Å². The first-order valence-electron chi connectivity index (χ1n) is 12.1. The molecule has 4 rings (SSSR count). The van der Waals surface area contributed by atoms with Crippen LogP contribution in [-0.4, -0.2) is 39.7 Å². The molecule has 1 heterocycles. The van der Waals surface area contributed by atoms with Gasteiger partial charge in [0, 0.05) is 21.3 Å². The van der Waals surface area contributed by atoms with E-state index in [1.54, 1.807) is 13.3 Å². The largest absolute Gasteiger partial charge is 0.496 e. The van der Waals surface area contributed by atoms with E-state index >= 15 is 0 Å². The van der Waals surface area contributed by atoms with Crippen LogP contribution in [-0.2, 0) is 10.2 Å². The summed E-state index contributed by atoms with van der Waals surface area (Å²) in [6.45, 7) is 8.62. The number of aryl methyl sites for hydroxylation is 1. The van der Waals surface area contributed by atoms with Crippen LogP contribution in [0.1, 0.15) is 37.5 Å². The number of ether oxygens (including phenoxy) is 1. The van der Waals surface area contributed by atoms with Crippen LogP contribution in [0.2, 0.25) is 0 Å². The number of methoxy groups -OCH3 is 1. The summed E-state index contributed by atoms with van der Waals surface area (Å²) in [5.41, 5.74) is 7.67. The predicted molar refractivity (Wildman–Crippen MR) is 157 cm³/mol. The number of rotatable bonds is 8. The molecule has 4 aromatic rings. The molecule has 0 atom stereocenters. The Kier molecular flexibility index (Phi) is 8.69. The molecule has 7 nitrogen and oxygen atoms in total. The van der Waals surface area contributed by atoms with Gasteiger partial charge < -0.3 is 4.74 Å².